The third-order valence-electron chi connectivity index (χ3n) is 6.39. The molecule has 0 unspecified atom stereocenters. The second-order valence-corrected chi connectivity index (χ2v) is 9.30. The lowest BCUT2D eigenvalue weighted by atomic mass is 9.95. The van der Waals surface area contributed by atoms with Crippen molar-refractivity contribution < 1.29 is 19.4 Å². The Morgan fingerprint density at radius 1 is 1.03 bits per heavy atom. The summed E-state index contributed by atoms with van der Waals surface area (Å²) in [6.07, 6.45) is 2.49. The third kappa shape index (κ3) is 4.23. The Balaban J connectivity index is 1.56. The maximum Gasteiger partial charge on any atom is 0.295 e. The second-order valence-electron chi connectivity index (χ2n) is 8.38. The van der Waals surface area contributed by atoms with E-state index in [4.69, 9.17) is 4.74 Å². The van der Waals surface area contributed by atoms with E-state index in [-0.39, 0.29) is 11.3 Å². The number of aliphatic hydroxyl groups excluding tert-OH is 1. The highest BCUT2D eigenvalue weighted by molar-refractivity contribution is 9.10. The predicted molar refractivity (Wildman–Crippen MR) is 138 cm³/mol. The van der Waals surface area contributed by atoms with Crippen LogP contribution in [0.3, 0.4) is 0 Å². The number of carbonyl (C=O) groups excluding carboxylic acids is 2. The molecule has 1 aromatic heterocycles. The molecule has 4 aromatic rings. The van der Waals surface area contributed by atoms with Crippen LogP contribution in [0.5, 0.6) is 5.75 Å². The quantitative estimate of drug-likeness (QED) is 0.193. The molecule has 1 aliphatic rings. The van der Waals surface area contributed by atoms with Gasteiger partial charge in [-0.25, -0.2) is 0 Å². The summed E-state index contributed by atoms with van der Waals surface area (Å²) in [5.74, 6) is -0.835. The summed E-state index contributed by atoms with van der Waals surface area (Å²) < 4.78 is 6.12. The van der Waals surface area contributed by atoms with Crippen molar-refractivity contribution in [1.82, 2.24) is 9.88 Å². The van der Waals surface area contributed by atoms with Crippen molar-refractivity contribution >= 4 is 44.3 Å². The number of hydrogen-bond donors (Lipinski definition) is 2. The van der Waals surface area contributed by atoms with Crippen LogP contribution in [0, 0.1) is 0 Å². The number of para-hydroxylation sites is 1. The minimum atomic E-state index is -0.713. The van der Waals surface area contributed by atoms with E-state index < -0.39 is 17.7 Å². The standard InChI is InChI=1S/C28H23BrN2O4/c1-35-21-12-8-17(9-13-21)25-24(26(32)18-6-10-20(29)11-7-18)27(33)28(34)31(25)15-14-19-16-30-23-5-3-2-4-22(19)23/h2-13,16,25,30,32H,14-15H2,1H3/t25-/m0/s1. The molecule has 2 heterocycles. The van der Waals surface area contributed by atoms with Gasteiger partial charge in [0.15, 0.2) is 0 Å². The van der Waals surface area contributed by atoms with Crippen molar-refractivity contribution in [1.29, 1.82) is 0 Å². The summed E-state index contributed by atoms with van der Waals surface area (Å²) in [4.78, 5) is 31.3. The number of likely N-dealkylation sites (tertiary alicyclic amines) is 1. The zero-order valence-electron chi connectivity index (χ0n) is 19.0. The molecule has 35 heavy (non-hydrogen) atoms. The molecule has 1 aliphatic heterocycles. The van der Waals surface area contributed by atoms with Gasteiger partial charge in [-0.3, -0.25) is 9.59 Å². The number of amides is 1. The lowest BCUT2D eigenvalue weighted by molar-refractivity contribution is -0.139. The fourth-order valence-corrected chi connectivity index (χ4v) is 4.85. The maximum atomic E-state index is 13.2. The monoisotopic (exact) mass is 530 g/mol. The molecular weight excluding hydrogens is 508 g/mol. The molecule has 0 spiro atoms. The van der Waals surface area contributed by atoms with E-state index >= 15 is 0 Å². The zero-order valence-corrected chi connectivity index (χ0v) is 20.6. The van der Waals surface area contributed by atoms with Gasteiger partial charge in [0.2, 0.25) is 0 Å². The predicted octanol–water partition coefficient (Wildman–Crippen LogP) is 5.60. The van der Waals surface area contributed by atoms with E-state index in [1.54, 1.807) is 48.4 Å². The Bertz CT molecular complexity index is 1440. The van der Waals surface area contributed by atoms with E-state index in [1.807, 2.05) is 42.6 Å². The number of carbonyl (C=O) groups is 2. The Labute approximate surface area is 211 Å². The van der Waals surface area contributed by atoms with E-state index in [9.17, 15) is 14.7 Å². The van der Waals surface area contributed by atoms with Gasteiger partial charge in [-0.1, -0.05) is 58.4 Å². The van der Waals surface area contributed by atoms with Crippen LogP contribution in [-0.4, -0.2) is 40.3 Å². The summed E-state index contributed by atoms with van der Waals surface area (Å²) >= 11 is 3.39. The number of H-pyrrole nitrogens is 1. The first-order valence-electron chi connectivity index (χ1n) is 11.2. The highest BCUT2D eigenvalue weighted by atomic mass is 79.9. The fourth-order valence-electron chi connectivity index (χ4n) is 4.59. The largest absolute Gasteiger partial charge is 0.507 e. The topological polar surface area (TPSA) is 82.6 Å². The zero-order chi connectivity index (χ0) is 24.5. The van der Waals surface area contributed by atoms with Crippen LogP contribution in [0.2, 0.25) is 0 Å². The van der Waals surface area contributed by atoms with Crippen molar-refractivity contribution in [2.45, 2.75) is 12.5 Å². The van der Waals surface area contributed by atoms with Crippen LogP contribution in [0.1, 0.15) is 22.7 Å². The molecule has 1 saturated heterocycles. The SMILES string of the molecule is COc1ccc([C@H]2C(=C(O)c3ccc(Br)cc3)C(=O)C(=O)N2CCc2c[nH]c3ccccc23)cc1. The van der Waals surface area contributed by atoms with Gasteiger partial charge in [-0.2, -0.15) is 0 Å². The van der Waals surface area contributed by atoms with Crippen LogP contribution in [0.15, 0.2) is 89.0 Å². The number of ether oxygens (including phenoxy) is 1. The molecule has 3 aromatic carbocycles. The number of ketones is 1. The summed E-state index contributed by atoms with van der Waals surface area (Å²) in [7, 11) is 1.58. The van der Waals surface area contributed by atoms with Crippen LogP contribution >= 0.6 is 15.9 Å². The van der Waals surface area contributed by atoms with Gasteiger partial charge in [-0.05, 0) is 47.9 Å². The van der Waals surface area contributed by atoms with Gasteiger partial charge in [0.05, 0.1) is 18.7 Å². The highest BCUT2D eigenvalue weighted by Gasteiger charge is 2.45. The molecule has 0 aliphatic carbocycles. The Kier molecular flexibility index (Phi) is 6.17. The van der Waals surface area contributed by atoms with Crippen LogP contribution in [0.4, 0.5) is 0 Å². The Morgan fingerprint density at radius 3 is 2.46 bits per heavy atom. The number of aromatic amines is 1. The van der Waals surface area contributed by atoms with Gasteiger partial charge in [0, 0.05) is 33.7 Å². The van der Waals surface area contributed by atoms with Crippen molar-refractivity contribution in [3.63, 3.8) is 0 Å². The van der Waals surface area contributed by atoms with E-state index in [2.05, 4.69) is 20.9 Å². The summed E-state index contributed by atoms with van der Waals surface area (Å²) in [5, 5.41) is 12.3. The van der Waals surface area contributed by atoms with E-state index in [0.29, 0.717) is 24.3 Å². The number of aromatic nitrogens is 1. The number of methoxy groups -OCH3 is 1. The first-order chi connectivity index (χ1) is 17.0. The Hall–Kier alpha value is -3.84. The Morgan fingerprint density at radius 2 is 1.74 bits per heavy atom. The van der Waals surface area contributed by atoms with E-state index in [0.717, 1.165) is 26.5 Å². The summed E-state index contributed by atoms with van der Waals surface area (Å²) in [5.41, 5.74) is 3.36. The number of aliphatic hydroxyl groups is 1. The molecule has 1 atom stereocenters. The average molecular weight is 531 g/mol. The van der Waals surface area contributed by atoms with Gasteiger partial charge in [0.1, 0.15) is 11.5 Å². The minimum Gasteiger partial charge on any atom is -0.507 e. The molecule has 7 heteroatoms. The molecule has 5 rings (SSSR count). The number of Topliss-reactive ketones (excluding diaryl/α,β-unsaturated/α-hetero) is 1. The third-order valence-corrected chi connectivity index (χ3v) is 6.91. The average Bonchev–Trinajstić information content (AvgIpc) is 3.41. The smallest absolute Gasteiger partial charge is 0.295 e. The van der Waals surface area contributed by atoms with Crippen molar-refractivity contribution in [2.75, 3.05) is 13.7 Å². The number of rotatable bonds is 6. The number of nitrogens with zero attached hydrogens (tertiary/aromatic N) is 1. The molecule has 1 fully saturated rings. The molecular formula is C28H23BrN2O4. The number of nitrogens with one attached hydrogen (secondary N) is 1. The van der Waals surface area contributed by atoms with Gasteiger partial charge >= 0.3 is 0 Å². The lowest BCUT2D eigenvalue weighted by Crippen LogP contribution is -2.31. The molecule has 0 bridgehead atoms. The van der Waals surface area contributed by atoms with Gasteiger partial charge < -0.3 is 19.7 Å². The van der Waals surface area contributed by atoms with Crippen LogP contribution in [0.25, 0.3) is 16.7 Å². The van der Waals surface area contributed by atoms with E-state index in [1.165, 1.54) is 0 Å². The van der Waals surface area contributed by atoms with Crippen molar-refractivity contribution in [3.8, 4) is 5.75 Å². The number of fused-ring (bicyclic) bond motifs is 1. The van der Waals surface area contributed by atoms with Gasteiger partial charge in [-0.15, -0.1) is 0 Å². The normalized spacial score (nSPS) is 17.3. The van der Waals surface area contributed by atoms with Crippen LogP contribution < -0.4 is 4.74 Å². The van der Waals surface area contributed by atoms with Crippen molar-refractivity contribution in [3.05, 3.63) is 106 Å². The van der Waals surface area contributed by atoms with Gasteiger partial charge in [0.25, 0.3) is 11.7 Å². The maximum absolute atomic E-state index is 13.2. The minimum absolute atomic E-state index is 0.0846. The first kappa shape index (κ1) is 22.9. The molecule has 0 saturated carbocycles. The summed E-state index contributed by atoms with van der Waals surface area (Å²) in [6, 6.07) is 21.5. The fraction of sp³-hybridized carbons (Fsp3) is 0.143. The number of halogens is 1. The second kappa shape index (κ2) is 9.43. The molecule has 2 N–H and O–H groups in total. The number of hydrogen-bond acceptors (Lipinski definition) is 4. The van der Waals surface area contributed by atoms with Crippen LogP contribution in [-0.2, 0) is 16.0 Å². The molecule has 0 radical (unpaired) electrons. The highest BCUT2D eigenvalue weighted by Crippen LogP contribution is 2.40. The molecule has 176 valence electrons. The summed E-state index contributed by atoms with van der Waals surface area (Å²) in [6.45, 7) is 0.320. The lowest BCUT2D eigenvalue weighted by Gasteiger charge is -2.25. The van der Waals surface area contributed by atoms with Crippen molar-refractivity contribution in [2.24, 2.45) is 0 Å². The molecule has 6 nitrogen and oxygen atoms in total. The number of benzene rings is 3. The molecule has 1 amide bonds. The first-order valence-corrected chi connectivity index (χ1v) is 12.0.